The van der Waals surface area contributed by atoms with Gasteiger partial charge in [-0.25, -0.2) is 0 Å². The largest absolute Gasteiger partial charge is 0.486 e. The highest BCUT2D eigenvalue weighted by Gasteiger charge is 2.13. The van der Waals surface area contributed by atoms with Gasteiger partial charge in [0.15, 0.2) is 11.5 Å². The van der Waals surface area contributed by atoms with E-state index in [0.717, 1.165) is 5.56 Å². The summed E-state index contributed by atoms with van der Waals surface area (Å²) in [6, 6.07) is 12.3. The number of benzene rings is 2. The van der Waals surface area contributed by atoms with E-state index in [2.05, 4.69) is 5.32 Å². The number of hydrogen-bond donors (Lipinski definition) is 1. The maximum atomic E-state index is 12.2. The monoisotopic (exact) mass is 340 g/mol. The smallest absolute Gasteiger partial charge is 0.253 e. The van der Waals surface area contributed by atoms with Gasteiger partial charge in [0.1, 0.15) is 13.2 Å². The maximum absolute atomic E-state index is 12.2. The molecule has 0 unspecified atom stereocenters. The molecule has 1 aliphatic heterocycles. The number of carbonyl (C=O) groups excluding carboxylic acids is 2. The van der Waals surface area contributed by atoms with E-state index >= 15 is 0 Å². The van der Waals surface area contributed by atoms with Gasteiger partial charge in [0.25, 0.3) is 5.91 Å². The molecule has 6 heteroatoms. The van der Waals surface area contributed by atoms with Gasteiger partial charge in [0.2, 0.25) is 5.91 Å². The van der Waals surface area contributed by atoms with E-state index in [1.54, 1.807) is 38.4 Å². The Labute approximate surface area is 146 Å². The van der Waals surface area contributed by atoms with Crippen LogP contribution in [0.2, 0.25) is 0 Å². The van der Waals surface area contributed by atoms with Crippen molar-refractivity contribution >= 4 is 17.5 Å². The van der Waals surface area contributed by atoms with Gasteiger partial charge in [0, 0.05) is 25.3 Å². The molecule has 2 amide bonds. The molecule has 0 saturated heterocycles. The topological polar surface area (TPSA) is 67.9 Å². The molecule has 1 N–H and O–H groups in total. The van der Waals surface area contributed by atoms with E-state index < -0.39 is 0 Å². The van der Waals surface area contributed by atoms with Crippen molar-refractivity contribution in [3.8, 4) is 11.5 Å². The zero-order valence-electron chi connectivity index (χ0n) is 14.2. The van der Waals surface area contributed by atoms with E-state index in [-0.39, 0.29) is 18.2 Å². The zero-order chi connectivity index (χ0) is 17.8. The number of carbonyl (C=O) groups is 2. The van der Waals surface area contributed by atoms with Gasteiger partial charge in [-0.15, -0.1) is 0 Å². The fourth-order valence-corrected chi connectivity index (χ4v) is 2.54. The maximum Gasteiger partial charge on any atom is 0.253 e. The Kier molecular flexibility index (Phi) is 4.88. The van der Waals surface area contributed by atoms with Crippen molar-refractivity contribution in [2.24, 2.45) is 0 Å². The molecule has 3 rings (SSSR count). The van der Waals surface area contributed by atoms with Crippen LogP contribution in [0, 0.1) is 0 Å². The van der Waals surface area contributed by atoms with Crippen LogP contribution in [-0.2, 0) is 11.2 Å². The molecule has 2 aromatic carbocycles. The standard InChI is InChI=1S/C19H20N2O4/c1-21(2)19(23)14-4-6-15(7-5-14)20-18(22)12-13-3-8-16-17(11-13)25-10-9-24-16/h3-8,11H,9-10,12H2,1-2H3,(H,20,22). The van der Waals surface area contributed by atoms with Crippen LogP contribution in [0.1, 0.15) is 15.9 Å². The van der Waals surface area contributed by atoms with Crippen molar-refractivity contribution in [1.82, 2.24) is 4.90 Å². The van der Waals surface area contributed by atoms with E-state index in [0.29, 0.717) is 36.0 Å². The minimum Gasteiger partial charge on any atom is -0.486 e. The lowest BCUT2D eigenvalue weighted by Crippen LogP contribution is -2.21. The number of ether oxygens (including phenoxy) is 2. The van der Waals surface area contributed by atoms with Crippen LogP contribution in [0.15, 0.2) is 42.5 Å². The van der Waals surface area contributed by atoms with Crippen molar-refractivity contribution < 1.29 is 19.1 Å². The molecule has 0 atom stereocenters. The van der Waals surface area contributed by atoms with E-state index in [1.807, 2.05) is 18.2 Å². The fraction of sp³-hybridized carbons (Fsp3) is 0.263. The number of amides is 2. The molecule has 6 nitrogen and oxygen atoms in total. The molecule has 0 fully saturated rings. The Bertz CT molecular complexity index is 785. The fourth-order valence-electron chi connectivity index (χ4n) is 2.54. The summed E-state index contributed by atoms with van der Waals surface area (Å²) < 4.78 is 11.0. The lowest BCUT2D eigenvalue weighted by Gasteiger charge is -2.18. The van der Waals surface area contributed by atoms with Crippen LogP contribution in [0.4, 0.5) is 5.69 Å². The number of rotatable bonds is 4. The quantitative estimate of drug-likeness (QED) is 0.928. The summed E-state index contributed by atoms with van der Waals surface area (Å²) in [5.74, 6) is 1.16. The van der Waals surface area contributed by atoms with Crippen molar-refractivity contribution in [2.45, 2.75) is 6.42 Å². The number of fused-ring (bicyclic) bond motifs is 1. The third-order valence-corrected chi connectivity index (χ3v) is 3.79. The Morgan fingerprint density at radius 2 is 1.68 bits per heavy atom. The Morgan fingerprint density at radius 3 is 2.36 bits per heavy atom. The van der Waals surface area contributed by atoms with Crippen molar-refractivity contribution in [3.05, 3.63) is 53.6 Å². The van der Waals surface area contributed by atoms with Crippen LogP contribution in [0.5, 0.6) is 11.5 Å². The van der Waals surface area contributed by atoms with E-state index in [1.165, 1.54) is 4.90 Å². The van der Waals surface area contributed by atoms with E-state index in [9.17, 15) is 9.59 Å². The molecule has 130 valence electrons. The SMILES string of the molecule is CN(C)C(=O)c1ccc(NC(=O)Cc2ccc3c(c2)OCCO3)cc1. The lowest BCUT2D eigenvalue weighted by molar-refractivity contribution is -0.115. The molecule has 0 saturated carbocycles. The highest BCUT2D eigenvalue weighted by Crippen LogP contribution is 2.30. The Hall–Kier alpha value is -3.02. The number of nitrogens with zero attached hydrogens (tertiary/aromatic N) is 1. The van der Waals surface area contributed by atoms with Gasteiger partial charge in [-0.2, -0.15) is 0 Å². The van der Waals surface area contributed by atoms with Crippen molar-refractivity contribution in [3.63, 3.8) is 0 Å². The summed E-state index contributed by atoms with van der Waals surface area (Å²) in [5, 5.41) is 2.83. The zero-order valence-corrected chi connectivity index (χ0v) is 14.2. The summed E-state index contributed by atoms with van der Waals surface area (Å²) in [6.07, 6.45) is 0.231. The van der Waals surface area contributed by atoms with E-state index in [4.69, 9.17) is 9.47 Å². The molecular formula is C19H20N2O4. The average Bonchev–Trinajstić information content (AvgIpc) is 2.61. The second kappa shape index (κ2) is 7.25. The van der Waals surface area contributed by atoms with Gasteiger partial charge in [-0.3, -0.25) is 9.59 Å². The molecule has 0 bridgehead atoms. The molecule has 1 aliphatic rings. The molecule has 0 radical (unpaired) electrons. The number of hydrogen-bond acceptors (Lipinski definition) is 4. The molecule has 1 heterocycles. The van der Waals surface area contributed by atoms with Crippen LogP contribution >= 0.6 is 0 Å². The van der Waals surface area contributed by atoms with Crippen molar-refractivity contribution in [2.75, 3.05) is 32.6 Å². The predicted octanol–water partition coefficient (Wildman–Crippen LogP) is 2.34. The second-order valence-corrected chi connectivity index (χ2v) is 5.98. The second-order valence-electron chi connectivity index (χ2n) is 5.98. The average molecular weight is 340 g/mol. The van der Waals surface area contributed by atoms with Gasteiger partial charge in [-0.05, 0) is 42.0 Å². The van der Waals surface area contributed by atoms with Gasteiger partial charge < -0.3 is 19.7 Å². The highest BCUT2D eigenvalue weighted by atomic mass is 16.6. The summed E-state index contributed by atoms with van der Waals surface area (Å²) >= 11 is 0. The molecule has 0 aromatic heterocycles. The Balaban J connectivity index is 1.62. The third kappa shape index (κ3) is 4.09. The minimum absolute atomic E-state index is 0.0749. The Morgan fingerprint density at radius 1 is 1.00 bits per heavy atom. The van der Waals surface area contributed by atoms with Gasteiger partial charge in [-0.1, -0.05) is 6.07 Å². The van der Waals surface area contributed by atoms with Crippen LogP contribution in [-0.4, -0.2) is 44.0 Å². The van der Waals surface area contributed by atoms with Crippen LogP contribution < -0.4 is 14.8 Å². The minimum atomic E-state index is -0.136. The van der Waals surface area contributed by atoms with Gasteiger partial charge in [0.05, 0.1) is 6.42 Å². The summed E-state index contributed by atoms with van der Waals surface area (Å²) in [5.41, 5.74) is 2.08. The first-order valence-electron chi connectivity index (χ1n) is 8.03. The first-order chi connectivity index (χ1) is 12.0. The summed E-state index contributed by atoms with van der Waals surface area (Å²) in [7, 11) is 3.40. The molecular weight excluding hydrogens is 320 g/mol. The first-order valence-corrected chi connectivity index (χ1v) is 8.03. The molecule has 0 spiro atoms. The third-order valence-electron chi connectivity index (χ3n) is 3.79. The number of nitrogens with one attached hydrogen (secondary N) is 1. The summed E-state index contributed by atoms with van der Waals surface area (Å²) in [6.45, 7) is 1.06. The molecule has 0 aliphatic carbocycles. The van der Waals surface area contributed by atoms with Crippen LogP contribution in [0.3, 0.4) is 0 Å². The molecule has 25 heavy (non-hydrogen) atoms. The molecule has 2 aromatic rings. The predicted molar refractivity (Wildman–Crippen MR) is 94.2 cm³/mol. The summed E-state index contributed by atoms with van der Waals surface area (Å²) in [4.78, 5) is 25.6. The lowest BCUT2D eigenvalue weighted by atomic mass is 10.1. The normalized spacial score (nSPS) is 12.4. The highest BCUT2D eigenvalue weighted by molar-refractivity contribution is 5.96. The van der Waals surface area contributed by atoms with Crippen molar-refractivity contribution in [1.29, 1.82) is 0 Å². The number of anilines is 1. The van der Waals surface area contributed by atoms with Gasteiger partial charge >= 0.3 is 0 Å². The van der Waals surface area contributed by atoms with Crippen LogP contribution in [0.25, 0.3) is 0 Å². The first kappa shape index (κ1) is 16.8.